The molecule has 0 bridgehead atoms. The van der Waals surface area contributed by atoms with E-state index in [0.717, 1.165) is 6.20 Å². The topological polar surface area (TPSA) is 115 Å². The largest absolute Gasteiger partial charge is 0.476 e. The summed E-state index contributed by atoms with van der Waals surface area (Å²) < 4.78 is 5.54. The van der Waals surface area contributed by atoms with Crippen molar-refractivity contribution in [2.45, 2.75) is 0 Å². The van der Waals surface area contributed by atoms with Gasteiger partial charge in [0.1, 0.15) is 6.20 Å². The van der Waals surface area contributed by atoms with Crippen LogP contribution in [-0.4, -0.2) is 26.0 Å². The van der Waals surface area contributed by atoms with Crippen molar-refractivity contribution in [1.82, 2.24) is 9.97 Å². The summed E-state index contributed by atoms with van der Waals surface area (Å²) in [4.78, 5) is 28.4. The first kappa shape index (κ1) is 13.9. The average molecular weight is 340 g/mol. The van der Waals surface area contributed by atoms with Gasteiger partial charge in [0, 0.05) is 12.3 Å². The molecule has 0 atom stereocenters. The Morgan fingerprint density at radius 3 is 2.80 bits per heavy atom. The predicted molar refractivity (Wildman–Crippen MR) is 69.9 cm³/mol. The molecule has 0 amide bonds. The van der Waals surface area contributed by atoms with Crippen molar-refractivity contribution >= 4 is 27.6 Å². The van der Waals surface area contributed by atoms with E-state index in [4.69, 9.17) is 9.84 Å². The number of nitrogens with zero attached hydrogens (tertiary/aromatic N) is 3. The lowest BCUT2D eigenvalue weighted by Crippen LogP contribution is -2.03. The highest BCUT2D eigenvalue weighted by Gasteiger charge is 2.16. The van der Waals surface area contributed by atoms with Crippen LogP contribution in [0.5, 0.6) is 11.6 Å². The fourth-order valence-corrected chi connectivity index (χ4v) is 1.75. The van der Waals surface area contributed by atoms with Gasteiger partial charge in [-0.1, -0.05) is 0 Å². The van der Waals surface area contributed by atoms with Crippen LogP contribution >= 0.6 is 15.9 Å². The molecule has 0 radical (unpaired) electrons. The first-order chi connectivity index (χ1) is 9.49. The Morgan fingerprint density at radius 2 is 2.20 bits per heavy atom. The van der Waals surface area contributed by atoms with Crippen molar-refractivity contribution in [3.8, 4) is 11.6 Å². The maximum Gasteiger partial charge on any atom is 0.358 e. The second kappa shape index (κ2) is 5.61. The second-order valence-corrected chi connectivity index (χ2v) is 4.35. The van der Waals surface area contributed by atoms with Gasteiger partial charge >= 0.3 is 5.97 Å². The Morgan fingerprint density at radius 1 is 1.45 bits per heavy atom. The first-order valence-corrected chi connectivity index (χ1v) is 5.94. The number of aromatic carboxylic acids is 1. The summed E-state index contributed by atoms with van der Waals surface area (Å²) in [5.74, 6) is -1.26. The van der Waals surface area contributed by atoms with Gasteiger partial charge in [0.25, 0.3) is 5.69 Å². The quantitative estimate of drug-likeness (QED) is 0.672. The predicted octanol–water partition coefficient (Wildman–Crippen LogP) is 2.64. The third kappa shape index (κ3) is 2.88. The Kier molecular flexibility index (Phi) is 3.89. The Bertz CT molecular complexity index is 692. The Balaban J connectivity index is 2.36. The summed E-state index contributed by atoms with van der Waals surface area (Å²) in [5.41, 5.74) is -0.492. The molecule has 0 aliphatic heterocycles. The van der Waals surface area contributed by atoms with Crippen LogP contribution in [0.4, 0.5) is 5.69 Å². The second-order valence-electron chi connectivity index (χ2n) is 3.49. The first-order valence-electron chi connectivity index (χ1n) is 5.15. The van der Waals surface area contributed by atoms with Crippen LogP contribution in [-0.2, 0) is 0 Å². The maximum absolute atomic E-state index is 11.0. The highest BCUT2D eigenvalue weighted by atomic mass is 79.9. The molecule has 20 heavy (non-hydrogen) atoms. The summed E-state index contributed by atoms with van der Waals surface area (Å²) in [6.07, 6.45) is 2.32. The number of hydrogen-bond donors (Lipinski definition) is 1. The maximum atomic E-state index is 11.0. The van der Waals surface area contributed by atoms with Crippen LogP contribution in [0.15, 0.2) is 35.1 Å². The van der Waals surface area contributed by atoms with Crippen LogP contribution in [0.25, 0.3) is 0 Å². The molecule has 0 aliphatic rings. The number of halogens is 1. The van der Waals surface area contributed by atoms with E-state index < -0.39 is 10.9 Å². The number of rotatable bonds is 4. The summed E-state index contributed by atoms with van der Waals surface area (Å²) in [5, 5.41) is 19.5. The number of aromatic nitrogens is 2. The van der Waals surface area contributed by atoms with E-state index in [1.165, 1.54) is 24.4 Å². The van der Waals surface area contributed by atoms with Gasteiger partial charge in [-0.15, -0.1) is 0 Å². The zero-order chi connectivity index (χ0) is 14.7. The molecule has 2 heterocycles. The van der Waals surface area contributed by atoms with Gasteiger partial charge in [-0.2, -0.15) is 0 Å². The van der Waals surface area contributed by atoms with Crippen molar-refractivity contribution in [2.24, 2.45) is 0 Å². The third-order valence-electron chi connectivity index (χ3n) is 2.18. The summed E-state index contributed by atoms with van der Waals surface area (Å²) in [6, 6.07) is 4.12. The average Bonchev–Trinajstić information content (AvgIpc) is 2.41. The number of nitro groups is 1. The molecule has 0 unspecified atom stereocenters. The molecule has 0 spiro atoms. The molecule has 2 aromatic heterocycles. The number of ether oxygens (including phenoxy) is 1. The molecular weight excluding hydrogens is 334 g/mol. The van der Waals surface area contributed by atoms with Gasteiger partial charge in [0.2, 0.25) is 5.88 Å². The number of carboxylic acid groups (broad SMARTS) is 1. The lowest BCUT2D eigenvalue weighted by atomic mass is 10.3. The van der Waals surface area contributed by atoms with Crippen molar-refractivity contribution in [1.29, 1.82) is 0 Å². The van der Waals surface area contributed by atoms with E-state index in [1.54, 1.807) is 0 Å². The van der Waals surface area contributed by atoms with Crippen molar-refractivity contribution < 1.29 is 19.6 Å². The molecule has 0 fully saturated rings. The van der Waals surface area contributed by atoms with E-state index in [2.05, 4.69) is 25.9 Å². The van der Waals surface area contributed by atoms with E-state index in [9.17, 15) is 14.9 Å². The van der Waals surface area contributed by atoms with Crippen LogP contribution in [0.2, 0.25) is 0 Å². The molecule has 2 rings (SSSR count). The van der Waals surface area contributed by atoms with Crippen LogP contribution in [0.3, 0.4) is 0 Å². The summed E-state index contributed by atoms with van der Waals surface area (Å²) >= 11 is 3.07. The number of carboxylic acids is 1. The van der Waals surface area contributed by atoms with Crippen LogP contribution in [0.1, 0.15) is 10.5 Å². The molecule has 102 valence electrons. The van der Waals surface area contributed by atoms with Crippen molar-refractivity contribution in [3.63, 3.8) is 0 Å². The lowest BCUT2D eigenvalue weighted by Gasteiger charge is -2.07. The fraction of sp³-hybridized carbons (Fsp3) is 0. The lowest BCUT2D eigenvalue weighted by molar-refractivity contribution is -0.385. The SMILES string of the molecule is O=C(O)c1ncccc1Oc1ncc([N+](=O)[O-])cc1Br. The Hall–Kier alpha value is -2.55. The summed E-state index contributed by atoms with van der Waals surface area (Å²) in [6.45, 7) is 0. The highest BCUT2D eigenvalue weighted by molar-refractivity contribution is 9.10. The van der Waals surface area contributed by atoms with E-state index in [-0.39, 0.29) is 27.5 Å². The number of carbonyl (C=O) groups is 1. The minimum atomic E-state index is -1.25. The van der Waals surface area contributed by atoms with E-state index in [0.29, 0.717) is 0 Å². The number of pyridine rings is 2. The van der Waals surface area contributed by atoms with Crippen molar-refractivity contribution in [2.75, 3.05) is 0 Å². The fourth-order valence-electron chi connectivity index (χ4n) is 1.33. The normalized spacial score (nSPS) is 10.1. The molecule has 2 aromatic rings. The Labute approximate surface area is 120 Å². The molecule has 1 N–H and O–H groups in total. The third-order valence-corrected chi connectivity index (χ3v) is 2.75. The summed E-state index contributed by atoms with van der Waals surface area (Å²) in [7, 11) is 0. The molecule has 0 saturated carbocycles. The molecule has 0 saturated heterocycles. The van der Waals surface area contributed by atoms with E-state index in [1.807, 2.05) is 0 Å². The molecule has 8 nitrogen and oxygen atoms in total. The van der Waals surface area contributed by atoms with Gasteiger partial charge in [0.05, 0.1) is 9.40 Å². The van der Waals surface area contributed by atoms with Gasteiger partial charge in [-0.25, -0.2) is 14.8 Å². The smallest absolute Gasteiger partial charge is 0.358 e. The molecule has 0 aromatic carbocycles. The van der Waals surface area contributed by atoms with Gasteiger partial charge < -0.3 is 9.84 Å². The molecule has 0 aliphatic carbocycles. The minimum absolute atomic E-state index is 0.00565. The zero-order valence-corrected chi connectivity index (χ0v) is 11.3. The molecule has 9 heteroatoms. The van der Waals surface area contributed by atoms with Gasteiger partial charge in [0.15, 0.2) is 11.4 Å². The zero-order valence-electron chi connectivity index (χ0n) is 9.69. The van der Waals surface area contributed by atoms with E-state index >= 15 is 0 Å². The number of hydrogen-bond acceptors (Lipinski definition) is 6. The standard InChI is InChI=1S/C11H6BrN3O5/c12-7-4-6(15(18)19)5-14-10(7)20-8-2-1-3-13-9(8)11(16)17/h1-5H,(H,16,17). The molecular formula is C11H6BrN3O5. The van der Waals surface area contributed by atoms with Crippen LogP contribution in [0, 0.1) is 10.1 Å². The monoisotopic (exact) mass is 339 g/mol. The van der Waals surface area contributed by atoms with Crippen LogP contribution < -0.4 is 4.74 Å². The minimum Gasteiger partial charge on any atom is -0.476 e. The van der Waals surface area contributed by atoms with Gasteiger partial charge in [-0.05, 0) is 28.1 Å². The van der Waals surface area contributed by atoms with Gasteiger partial charge in [-0.3, -0.25) is 10.1 Å². The van der Waals surface area contributed by atoms with Crippen molar-refractivity contribution in [3.05, 3.63) is 50.9 Å². The highest BCUT2D eigenvalue weighted by Crippen LogP contribution is 2.31.